The van der Waals surface area contributed by atoms with Gasteiger partial charge in [-0.2, -0.15) is 0 Å². The summed E-state index contributed by atoms with van der Waals surface area (Å²) in [4.78, 5) is 5.07. The van der Waals surface area contributed by atoms with Crippen LogP contribution < -0.4 is 0 Å². The van der Waals surface area contributed by atoms with Crippen LogP contribution in [0.1, 0.15) is 96.7 Å². The summed E-state index contributed by atoms with van der Waals surface area (Å²) < 4.78 is 19.6. The molecule has 0 unspecified atom stereocenters. The lowest BCUT2D eigenvalue weighted by Gasteiger charge is -2.63. The molecule has 0 radical (unpaired) electrons. The first-order valence-electron chi connectivity index (χ1n) is 17.1. The third-order valence-electron chi connectivity index (χ3n) is 13.2. The zero-order chi connectivity index (χ0) is 28.1. The number of allylic oxidation sites excluding steroid dienone is 1. The molecule has 5 fully saturated rings. The number of nitrogens with zero attached hydrogens (tertiary/aromatic N) is 2. The minimum Gasteiger partial charge on any atom is -0.466 e. The fraction of sp³-hybridized carbons (Fsp3) is 0.829. The summed E-state index contributed by atoms with van der Waals surface area (Å²) in [6.45, 7) is 13.3. The number of ether oxygens (including phenoxy) is 2. The van der Waals surface area contributed by atoms with Gasteiger partial charge in [-0.15, -0.1) is 0 Å². The summed E-state index contributed by atoms with van der Waals surface area (Å²) in [5.74, 6) is 1.74. The van der Waals surface area contributed by atoms with Crippen LogP contribution in [-0.4, -0.2) is 79.1 Å². The van der Waals surface area contributed by atoms with E-state index in [1.807, 2.05) is 6.07 Å². The summed E-state index contributed by atoms with van der Waals surface area (Å²) in [6.07, 6.45) is 18.0. The van der Waals surface area contributed by atoms with E-state index in [2.05, 4.69) is 35.8 Å². The van der Waals surface area contributed by atoms with Gasteiger partial charge < -0.3 is 28.8 Å². The van der Waals surface area contributed by atoms with Gasteiger partial charge in [0.25, 0.3) is 0 Å². The lowest BCUT2D eigenvalue weighted by molar-refractivity contribution is -0.240. The molecule has 2 saturated heterocycles. The molecule has 6 nitrogen and oxygen atoms in total. The van der Waals surface area contributed by atoms with E-state index in [0.717, 1.165) is 70.4 Å². The quantitative estimate of drug-likeness (QED) is 0.362. The Labute approximate surface area is 247 Å². The molecular formula is C35H54N2O4. The summed E-state index contributed by atoms with van der Waals surface area (Å²) in [5.41, 5.74) is 0.112. The van der Waals surface area contributed by atoms with E-state index < -0.39 is 11.2 Å². The Kier molecular flexibility index (Phi) is 7.72. The van der Waals surface area contributed by atoms with Crippen molar-refractivity contribution in [1.29, 1.82) is 0 Å². The van der Waals surface area contributed by atoms with Crippen LogP contribution in [0.2, 0.25) is 0 Å². The van der Waals surface area contributed by atoms with Crippen molar-refractivity contribution in [2.75, 3.05) is 52.5 Å². The molecular weight excluding hydrogens is 512 g/mol. The summed E-state index contributed by atoms with van der Waals surface area (Å²) >= 11 is 0. The van der Waals surface area contributed by atoms with Crippen molar-refractivity contribution in [3.8, 4) is 0 Å². The van der Waals surface area contributed by atoms with Gasteiger partial charge in [-0.25, -0.2) is 0 Å². The first-order chi connectivity index (χ1) is 19.9. The van der Waals surface area contributed by atoms with Crippen LogP contribution in [0.4, 0.5) is 0 Å². The minimum atomic E-state index is -0.742. The second-order valence-corrected chi connectivity index (χ2v) is 14.9. The fourth-order valence-electron chi connectivity index (χ4n) is 10.7. The van der Waals surface area contributed by atoms with E-state index in [1.54, 1.807) is 11.8 Å². The summed E-state index contributed by atoms with van der Waals surface area (Å²) in [7, 11) is 0. The first kappa shape index (κ1) is 28.6. The second-order valence-electron chi connectivity index (χ2n) is 14.9. The SMILES string of the molecule is C[C@]12CC[C@H]3[C@@H](CCC4=C[C@@H](OCCN5CCCC5)CC[C@@]43C)[C@@]1(O)CC[C@]2(OCCN1CCCC1)c1ccco1. The van der Waals surface area contributed by atoms with Crippen LogP contribution in [0.3, 0.4) is 0 Å². The maximum atomic E-state index is 12.9. The van der Waals surface area contributed by atoms with Crippen LogP contribution in [-0.2, 0) is 15.1 Å². The third-order valence-corrected chi connectivity index (χ3v) is 13.2. The minimum absolute atomic E-state index is 0.168. The average molecular weight is 567 g/mol. The number of fused-ring (bicyclic) bond motifs is 5. The molecule has 228 valence electrons. The number of aliphatic hydroxyl groups is 1. The number of furan rings is 1. The van der Waals surface area contributed by atoms with Gasteiger partial charge >= 0.3 is 0 Å². The van der Waals surface area contributed by atoms with Crippen molar-refractivity contribution in [3.63, 3.8) is 0 Å². The molecule has 41 heavy (non-hydrogen) atoms. The zero-order valence-electron chi connectivity index (χ0n) is 25.7. The topological polar surface area (TPSA) is 58.3 Å². The van der Waals surface area contributed by atoms with Gasteiger partial charge in [0.15, 0.2) is 0 Å². The molecule has 6 aliphatic rings. The average Bonchev–Trinajstić information content (AvgIpc) is 3.79. The largest absolute Gasteiger partial charge is 0.466 e. The molecule has 1 aromatic rings. The molecule has 1 aromatic heterocycles. The molecule has 1 N–H and O–H groups in total. The van der Waals surface area contributed by atoms with E-state index in [-0.39, 0.29) is 16.9 Å². The molecule has 0 amide bonds. The van der Waals surface area contributed by atoms with E-state index in [0.29, 0.717) is 18.4 Å². The Morgan fingerprint density at radius 3 is 2.32 bits per heavy atom. The number of likely N-dealkylation sites (tertiary alicyclic amines) is 2. The number of hydrogen-bond donors (Lipinski definition) is 1. The molecule has 0 spiro atoms. The highest BCUT2D eigenvalue weighted by Crippen LogP contribution is 2.72. The van der Waals surface area contributed by atoms with Crippen LogP contribution in [0.15, 0.2) is 34.5 Å². The van der Waals surface area contributed by atoms with Crippen molar-refractivity contribution in [2.24, 2.45) is 22.7 Å². The van der Waals surface area contributed by atoms with Gasteiger partial charge in [-0.1, -0.05) is 25.5 Å². The van der Waals surface area contributed by atoms with Crippen LogP contribution >= 0.6 is 0 Å². The molecule has 3 saturated carbocycles. The monoisotopic (exact) mass is 566 g/mol. The lowest BCUT2D eigenvalue weighted by atomic mass is 9.44. The highest BCUT2D eigenvalue weighted by Gasteiger charge is 2.73. The van der Waals surface area contributed by atoms with Crippen molar-refractivity contribution >= 4 is 0 Å². The molecule has 4 aliphatic carbocycles. The second kappa shape index (κ2) is 11.1. The van der Waals surface area contributed by atoms with E-state index in [1.165, 1.54) is 58.3 Å². The Morgan fingerprint density at radius 1 is 0.878 bits per heavy atom. The molecule has 7 atom stereocenters. The van der Waals surface area contributed by atoms with Gasteiger partial charge in [0, 0.05) is 18.5 Å². The predicted molar refractivity (Wildman–Crippen MR) is 161 cm³/mol. The van der Waals surface area contributed by atoms with Crippen molar-refractivity contribution < 1.29 is 19.0 Å². The summed E-state index contributed by atoms with van der Waals surface area (Å²) in [5, 5.41) is 12.9. The molecule has 0 aromatic carbocycles. The maximum Gasteiger partial charge on any atom is 0.136 e. The molecule has 2 aliphatic heterocycles. The number of rotatable bonds is 9. The van der Waals surface area contributed by atoms with Gasteiger partial charge in [0.2, 0.25) is 0 Å². The Hall–Kier alpha value is -1.18. The van der Waals surface area contributed by atoms with E-state index >= 15 is 0 Å². The highest BCUT2D eigenvalue weighted by atomic mass is 16.5. The zero-order valence-corrected chi connectivity index (χ0v) is 25.7. The van der Waals surface area contributed by atoms with Crippen LogP contribution in [0, 0.1) is 22.7 Å². The molecule has 6 heteroatoms. The first-order valence-corrected chi connectivity index (χ1v) is 17.1. The van der Waals surface area contributed by atoms with Crippen LogP contribution in [0.25, 0.3) is 0 Å². The van der Waals surface area contributed by atoms with Gasteiger partial charge in [-0.3, -0.25) is 0 Å². The molecule has 3 heterocycles. The Morgan fingerprint density at radius 2 is 1.61 bits per heavy atom. The van der Waals surface area contributed by atoms with Gasteiger partial charge in [0.1, 0.15) is 11.4 Å². The molecule has 7 rings (SSSR count). The third kappa shape index (κ3) is 4.61. The van der Waals surface area contributed by atoms with Crippen molar-refractivity contribution in [3.05, 3.63) is 35.8 Å². The van der Waals surface area contributed by atoms with Gasteiger partial charge in [-0.05, 0) is 133 Å². The Bertz CT molecular complexity index is 1080. The fourth-order valence-corrected chi connectivity index (χ4v) is 10.7. The van der Waals surface area contributed by atoms with Crippen LogP contribution in [0.5, 0.6) is 0 Å². The van der Waals surface area contributed by atoms with Crippen molar-refractivity contribution in [1.82, 2.24) is 9.80 Å². The standard InChI is InChI=1S/C35H54N2O4/c1-32-13-11-28(39-24-21-36-17-3-4-18-36)26-27(32)9-10-30-29(32)12-14-33(2)34(30,38)15-16-35(33,31-8-7-23-40-31)41-25-22-37-19-5-6-20-37/h7-8,23,26,28-30,38H,3-6,9-22,24-25H2,1-2H3/t28-,29-,30+,32-,33-,34-,35-/m0/s1. The van der Waals surface area contributed by atoms with E-state index in [9.17, 15) is 5.11 Å². The lowest BCUT2D eigenvalue weighted by Crippen LogP contribution is -2.64. The van der Waals surface area contributed by atoms with E-state index in [4.69, 9.17) is 13.9 Å². The highest BCUT2D eigenvalue weighted by molar-refractivity contribution is 5.32. The van der Waals surface area contributed by atoms with Gasteiger partial charge in [0.05, 0.1) is 31.2 Å². The Balaban J connectivity index is 1.09. The smallest absolute Gasteiger partial charge is 0.136 e. The normalized spacial score (nSPS) is 43.1. The summed E-state index contributed by atoms with van der Waals surface area (Å²) in [6, 6.07) is 4.10. The molecule has 0 bridgehead atoms. The maximum absolute atomic E-state index is 12.9. The predicted octanol–water partition coefficient (Wildman–Crippen LogP) is 6.15. The number of hydrogen-bond acceptors (Lipinski definition) is 6. The van der Waals surface area contributed by atoms with Crippen molar-refractivity contribution in [2.45, 2.75) is 108 Å².